The minimum Gasteiger partial charge on any atom is -0.497 e. The molecule has 7 heteroatoms. The van der Waals surface area contributed by atoms with Crippen LogP contribution in [0.15, 0.2) is 66.7 Å². The maximum Gasteiger partial charge on any atom is 0.343 e. The molecule has 0 heterocycles. The van der Waals surface area contributed by atoms with Crippen LogP contribution in [0.2, 0.25) is 0 Å². The zero-order valence-corrected chi connectivity index (χ0v) is 17.2. The number of methoxy groups -OCH3 is 2. The fraction of sp³-hybridized carbons (Fsp3) is 0.125. The highest BCUT2D eigenvalue weighted by Crippen LogP contribution is 2.27. The quantitative estimate of drug-likeness (QED) is 0.319. The summed E-state index contributed by atoms with van der Waals surface area (Å²) in [6.07, 6.45) is 0. The number of ether oxygens (including phenoxy) is 4. The van der Waals surface area contributed by atoms with Crippen molar-refractivity contribution in [1.29, 1.82) is 0 Å². The Balaban J connectivity index is 1.81. The Kier molecular flexibility index (Phi) is 6.67. The van der Waals surface area contributed by atoms with Gasteiger partial charge in [0.25, 0.3) is 0 Å². The molecule has 0 amide bonds. The summed E-state index contributed by atoms with van der Waals surface area (Å²) in [6.45, 7) is 1.35. The Labute approximate surface area is 179 Å². The lowest BCUT2D eigenvalue weighted by atomic mass is 10.1. The summed E-state index contributed by atoms with van der Waals surface area (Å²) in [4.78, 5) is 36.9. The molecule has 0 atom stereocenters. The van der Waals surface area contributed by atoms with Gasteiger partial charge in [0.15, 0.2) is 5.78 Å². The molecule has 0 unspecified atom stereocenters. The summed E-state index contributed by atoms with van der Waals surface area (Å²) in [7, 11) is 3.05. The Morgan fingerprint density at radius 1 is 0.613 bits per heavy atom. The van der Waals surface area contributed by atoms with Crippen molar-refractivity contribution in [3.05, 3.63) is 83.4 Å². The molecular formula is C24H20O7. The number of hydrogen-bond acceptors (Lipinski definition) is 7. The lowest BCUT2D eigenvalue weighted by Crippen LogP contribution is -2.12. The topological polar surface area (TPSA) is 88.1 Å². The standard InChI is InChI=1S/C24H20O7/c1-15(25)21-13-12-20(30-23(26)16-4-8-18(28-2)9-5-16)14-22(21)31-24(27)17-6-10-19(29-3)11-7-17/h4-14H,1-3H3. The van der Waals surface area contributed by atoms with Crippen LogP contribution < -0.4 is 18.9 Å². The van der Waals surface area contributed by atoms with Crippen molar-refractivity contribution < 1.29 is 33.3 Å². The predicted molar refractivity (Wildman–Crippen MR) is 112 cm³/mol. The first-order chi connectivity index (χ1) is 14.9. The highest BCUT2D eigenvalue weighted by Gasteiger charge is 2.17. The van der Waals surface area contributed by atoms with Crippen molar-refractivity contribution in [1.82, 2.24) is 0 Å². The number of Topliss-reactive ketones (excluding diaryl/α,β-unsaturated/α-hetero) is 1. The van der Waals surface area contributed by atoms with E-state index >= 15 is 0 Å². The molecule has 0 aliphatic rings. The molecule has 3 rings (SSSR count). The summed E-state index contributed by atoms with van der Waals surface area (Å²) < 4.78 is 20.9. The van der Waals surface area contributed by atoms with Gasteiger partial charge in [0.2, 0.25) is 0 Å². The van der Waals surface area contributed by atoms with Gasteiger partial charge in [0.05, 0.1) is 30.9 Å². The molecule has 0 radical (unpaired) electrons. The minimum absolute atomic E-state index is 0.00616. The second-order valence-corrected chi connectivity index (χ2v) is 6.45. The molecule has 0 N–H and O–H groups in total. The summed E-state index contributed by atoms with van der Waals surface area (Å²) in [5.41, 5.74) is 0.773. The van der Waals surface area contributed by atoms with Crippen molar-refractivity contribution in [2.24, 2.45) is 0 Å². The first kappa shape index (κ1) is 21.6. The third-order valence-corrected chi connectivity index (χ3v) is 4.40. The van der Waals surface area contributed by atoms with E-state index in [2.05, 4.69) is 0 Å². The van der Waals surface area contributed by atoms with Gasteiger partial charge in [0.1, 0.15) is 23.0 Å². The molecule has 158 valence electrons. The van der Waals surface area contributed by atoms with E-state index in [9.17, 15) is 14.4 Å². The summed E-state index contributed by atoms with van der Waals surface area (Å²) in [5.74, 6) is -0.250. The van der Waals surface area contributed by atoms with Crippen molar-refractivity contribution in [2.75, 3.05) is 14.2 Å². The van der Waals surface area contributed by atoms with Gasteiger partial charge in [-0.15, -0.1) is 0 Å². The zero-order chi connectivity index (χ0) is 22.4. The molecular weight excluding hydrogens is 400 g/mol. The molecule has 0 aliphatic heterocycles. The number of carbonyl (C=O) groups is 3. The van der Waals surface area contributed by atoms with Gasteiger partial charge in [0, 0.05) is 6.07 Å². The highest BCUT2D eigenvalue weighted by atomic mass is 16.5. The number of carbonyl (C=O) groups excluding carboxylic acids is 3. The van der Waals surface area contributed by atoms with E-state index in [0.717, 1.165) is 0 Å². The van der Waals surface area contributed by atoms with E-state index < -0.39 is 11.9 Å². The molecule has 0 aromatic heterocycles. The number of esters is 2. The van der Waals surface area contributed by atoms with Crippen LogP contribution in [0.1, 0.15) is 38.0 Å². The van der Waals surface area contributed by atoms with E-state index in [4.69, 9.17) is 18.9 Å². The maximum absolute atomic E-state index is 12.5. The van der Waals surface area contributed by atoms with Crippen molar-refractivity contribution in [3.8, 4) is 23.0 Å². The van der Waals surface area contributed by atoms with Crippen LogP contribution in [0.25, 0.3) is 0 Å². The molecule has 0 bridgehead atoms. The van der Waals surface area contributed by atoms with Crippen LogP contribution in [0.4, 0.5) is 0 Å². The van der Waals surface area contributed by atoms with E-state index in [0.29, 0.717) is 17.1 Å². The van der Waals surface area contributed by atoms with Crippen LogP contribution in [0, 0.1) is 0 Å². The van der Waals surface area contributed by atoms with Gasteiger partial charge >= 0.3 is 11.9 Å². The molecule has 3 aromatic carbocycles. The lowest BCUT2D eigenvalue weighted by molar-refractivity contribution is 0.0732. The van der Waals surface area contributed by atoms with E-state index in [-0.39, 0.29) is 28.4 Å². The number of ketones is 1. The largest absolute Gasteiger partial charge is 0.497 e. The molecule has 31 heavy (non-hydrogen) atoms. The number of rotatable bonds is 7. The summed E-state index contributed by atoms with van der Waals surface area (Å²) >= 11 is 0. The molecule has 0 saturated heterocycles. The van der Waals surface area contributed by atoms with Crippen LogP contribution in [-0.2, 0) is 0 Å². The third-order valence-electron chi connectivity index (χ3n) is 4.40. The molecule has 3 aromatic rings. The first-order valence-electron chi connectivity index (χ1n) is 9.28. The Morgan fingerprint density at radius 3 is 1.52 bits per heavy atom. The Morgan fingerprint density at radius 2 is 1.06 bits per heavy atom. The third kappa shape index (κ3) is 5.27. The van der Waals surface area contributed by atoms with Crippen molar-refractivity contribution in [2.45, 2.75) is 6.92 Å². The van der Waals surface area contributed by atoms with Crippen LogP contribution in [0.5, 0.6) is 23.0 Å². The zero-order valence-electron chi connectivity index (χ0n) is 17.2. The van der Waals surface area contributed by atoms with E-state index in [1.807, 2.05) is 0 Å². The smallest absolute Gasteiger partial charge is 0.343 e. The predicted octanol–water partition coefficient (Wildman–Crippen LogP) is 4.34. The Bertz CT molecular complexity index is 1100. The number of benzene rings is 3. The number of hydrogen-bond donors (Lipinski definition) is 0. The molecule has 0 fully saturated rings. The van der Waals surface area contributed by atoms with Gasteiger partial charge in [-0.1, -0.05) is 0 Å². The fourth-order valence-corrected chi connectivity index (χ4v) is 2.72. The van der Waals surface area contributed by atoms with Crippen molar-refractivity contribution in [3.63, 3.8) is 0 Å². The molecule has 7 nitrogen and oxygen atoms in total. The van der Waals surface area contributed by atoms with E-state index in [1.165, 1.54) is 39.3 Å². The highest BCUT2D eigenvalue weighted by molar-refractivity contribution is 5.99. The maximum atomic E-state index is 12.5. The SMILES string of the molecule is COc1ccc(C(=O)Oc2ccc(C(C)=O)c(OC(=O)c3ccc(OC)cc3)c2)cc1. The van der Waals surface area contributed by atoms with Gasteiger partial charge in [-0.05, 0) is 67.6 Å². The van der Waals surface area contributed by atoms with E-state index in [1.54, 1.807) is 48.5 Å². The van der Waals surface area contributed by atoms with Crippen LogP contribution >= 0.6 is 0 Å². The normalized spacial score (nSPS) is 10.2. The minimum atomic E-state index is -0.663. The van der Waals surface area contributed by atoms with Gasteiger partial charge in [-0.25, -0.2) is 9.59 Å². The van der Waals surface area contributed by atoms with Crippen LogP contribution in [0.3, 0.4) is 0 Å². The van der Waals surface area contributed by atoms with Crippen molar-refractivity contribution >= 4 is 17.7 Å². The summed E-state index contributed by atoms with van der Waals surface area (Å²) in [5, 5.41) is 0. The van der Waals surface area contributed by atoms with Gasteiger partial charge in [-0.2, -0.15) is 0 Å². The Hall–Kier alpha value is -4.13. The first-order valence-corrected chi connectivity index (χ1v) is 9.28. The monoisotopic (exact) mass is 420 g/mol. The summed E-state index contributed by atoms with van der Waals surface area (Å²) in [6, 6.07) is 17.0. The molecule has 0 saturated carbocycles. The molecule has 0 aliphatic carbocycles. The van der Waals surface area contributed by atoms with Gasteiger partial charge in [-0.3, -0.25) is 4.79 Å². The average Bonchev–Trinajstić information content (AvgIpc) is 2.79. The lowest BCUT2D eigenvalue weighted by Gasteiger charge is -2.11. The van der Waals surface area contributed by atoms with Crippen LogP contribution in [-0.4, -0.2) is 31.9 Å². The fourth-order valence-electron chi connectivity index (χ4n) is 2.72. The average molecular weight is 420 g/mol. The second kappa shape index (κ2) is 9.58. The second-order valence-electron chi connectivity index (χ2n) is 6.45. The van der Waals surface area contributed by atoms with Gasteiger partial charge < -0.3 is 18.9 Å². The molecule has 0 spiro atoms.